The number of carbonyl (C=O) groups is 1. The molecule has 1 amide bonds. The molecule has 6 nitrogen and oxygen atoms in total. The van der Waals surface area contributed by atoms with Crippen molar-refractivity contribution in [1.29, 1.82) is 0 Å². The molecule has 9 heteroatoms. The van der Waals surface area contributed by atoms with Crippen molar-refractivity contribution in [2.24, 2.45) is 0 Å². The van der Waals surface area contributed by atoms with Gasteiger partial charge in [-0.3, -0.25) is 9.52 Å². The van der Waals surface area contributed by atoms with Crippen LogP contribution in [0.2, 0.25) is 0 Å². The predicted octanol–water partition coefficient (Wildman–Crippen LogP) is 3.51. The molecule has 0 aliphatic carbocycles. The van der Waals surface area contributed by atoms with Crippen LogP contribution in [0.4, 0.5) is 10.8 Å². The quantitative estimate of drug-likeness (QED) is 0.722. The summed E-state index contributed by atoms with van der Waals surface area (Å²) in [6.07, 6.45) is 0.377. The van der Waals surface area contributed by atoms with Crippen LogP contribution in [-0.4, -0.2) is 19.3 Å². The van der Waals surface area contributed by atoms with E-state index in [0.717, 1.165) is 16.0 Å². The standard InChI is InChI=1S/C14H13N3O3S3/c1-2-12(18)16-14-15-10-8-9(5-6-11(10)22-14)17-23(19,20)13-4-3-7-21-13/h3-8,17H,2H2,1H3,(H,15,16,18). The molecule has 1 aromatic carbocycles. The Balaban J connectivity index is 1.87. The van der Waals surface area contributed by atoms with Gasteiger partial charge in [-0.2, -0.15) is 0 Å². The summed E-state index contributed by atoms with van der Waals surface area (Å²) >= 11 is 2.50. The molecule has 3 aromatic rings. The fraction of sp³-hybridized carbons (Fsp3) is 0.143. The van der Waals surface area contributed by atoms with Gasteiger partial charge in [0.05, 0.1) is 15.9 Å². The summed E-state index contributed by atoms with van der Waals surface area (Å²) in [6, 6.07) is 8.34. The van der Waals surface area contributed by atoms with E-state index in [4.69, 9.17) is 0 Å². The largest absolute Gasteiger partial charge is 0.302 e. The van der Waals surface area contributed by atoms with Gasteiger partial charge >= 0.3 is 0 Å². The highest BCUT2D eigenvalue weighted by molar-refractivity contribution is 7.94. The zero-order valence-corrected chi connectivity index (χ0v) is 14.5. The lowest BCUT2D eigenvalue weighted by Crippen LogP contribution is -2.11. The molecule has 0 bridgehead atoms. The SMILES string of the molecule is CCC(=O)Nc1nc2cc(NS(=O)(=O)c3cccs3)ccc2s1. The summed E-state index contributed by atoms with van der Waals surface area (Å²) in [7, 11) is -3.58. The Bertz CT molecular complexity index is 946. The average molecular weight is 367 g/mol. The number of sulfonamides is 1. The minimum atomic E-state index is -3.58. The highest BCUT2D eigenvalue weighted by Gasteiger charge is 2.16. The number of amides is 1. The van der Waals surface area contributed by atoms with Crippen molar-refractivity contribution in [1.82, 2.24) is 4.98 Å². The first-order chi connectivity index (χ1) is 11.0. The van der Waals surface area contributed by atoms with Crippen molar-refractivity contribution in [2.75, 3.05) is 10.0 Å². The maximum absolute atomic E-state index is 12.2. The van der Waals surface area contributed by atoms with Gasteiger partial charge in [0.1, 0.15) is 4.21 Å². The molecular formula is C14H13N3O3S3. The van der Waals surface area contributed by atoms with Crippen molar-refractivity contribution < 1.29 is 13.2 Å². The monoisotopic (exact) mass is 367 g/mol. The van der Waals surface area contributed by atoms with Crippen LogP contribution in [0, 0.1) is 0 Å². The van der Waals surface area contributed by atoms with Crippen molar-refractivity contribution in [2.45, 2.75) is 17.6 Å². The Labute approximate surface area is 141 Å². The smallest absolute Gasteiger partial charge is 0.271 e. The number of thiophene rings is 1. The molecule has 0 radical (unpaired) electrons. The normalized spacial score (nSPS) is 11.5. The second-order valence-corrected chi connectivity index (χ2v) is 8.53. The molecule has 0 spiro atoms. The number of fused-ring (bicyclic) bond motifs is 1. The number of nitrogens with one attached hydrogen (secondary N) is 2. The van der Waals surface area contributed by atoms with Crippen LogP contribution in [-0.2, 0) is 14.8 Å². The summed E-state index contributed by atoms with van der Waals surface area (Å²) in [4.78, 5) is 15.7. The zero-order valence-electron chi connectivity index (χ0n) is 12.1. The summed E-state index contributed by atoms with van der Waals surface area (Å²) in [5, 5.41) is 4.92. The topological polar surface area (TPSA) is 88.2 Å². The van der Waals surface area contributed by atoms with Crippen molar-refractivity contribution in [3.63, 3.8) is 0 Å². The van der Waals surface area contributed by atoms with Crippen LogP contribution in [0.15, 0.2) is 39.9 Å². The number of hydrogen-bond acceptors (Lipinski definition) is 6. The van der Waals surface area contributed by atoms with Gasteiger partial charge in [-0.25, -0.2) is 13.4 Å². The van der Waals surface area contributed by atoms with Crippen molar-refractivity contribution >= 4 is 59.6 Å². The lowest BCUT2D eigenvalue weighted by atomic mass is 10.3. The summed E-state index contributed by atoms with van der Waals surface area (Å²) in [6.45, 7) is 1.76. The first-order valence-corrected chi connectivity index (χ1v) is 9.92. The molecule has 0 saturated carbocycles. The highest BCUT2D eigenvalue weighted by Crippen LogP contribution is 2.29. The molecular weight excluding hydrogens is 354 g/mol. The van der Waals surface area contributed by atoms with Crippen LogP contribution < -0.4 is 10.0 Å². The third-order valence-electron chi connectivity index (χ3n) is 2.97. The van der Waals surface area contributed by atoms with Crippen LogP contribution in [0.1, 0.15) is 13.3 Å². The minimum Gasteiger partial charge on any atom is -0.302 e. The van der Waals surface area contributed by atoms with Gasteiger partial charge in [0.15, 0.2) is 5.13 Å². The van der Waals surface area contributed by atoms with Gasteiger partial charge in [0, 0.05) is 6.42 Å². The lowest BCUT2D eigenvalue weighted by Gasteiger charge is -2.05. The molecule has 120 valence electrons. The Hall–Kier alpha value is -1.97. The van der Waals surface area contributed by atoms with Gasteiger partial charge in [-0.05, 0) is 29.6 Å². The number of rotatable bonds is 5. The Morgan fingerprint density at radius 1 is 1.30 bits per heavy atom. The zero-order chi connectivity index (χ0) is 16.4. The van der Waals surface area contributed by atoms with E-state index in [-0.39, 0.29) is 10.1 Å². The minimum absolute atomic E-state index is 0.109. The number of nitrogens with zero attached hydrogens (tertiary/aromatic N) is 1. The first kappa shape index (κ1) is 15.9. The third kappa shape index (κ3) is 3.52. The molecule has 2 heterocycles. The van der Waals surface area contributed by atoms with Gasteiger partial charge < -0.3 is 5.32 Å². The van der Waals surface area contributed by atoms with Crippen LogP contribution in [0.3, 0.4) is 0 Å². The Morgan fingerprint density at radius 2 is 2.13 bits per heavy atom. The average Bonchev–Trinajstić information content (AvgIpc) is 3.15. The molecule has 2 N–H and O–H groups in total. The Morgan fingerprint density at radius 3 is 2.83 bits per heavy atom. The second-order valence-electron chi connectivity index (χ2n) is 4.64. The molecule has 0 aliphatic rings. The number of anilines is 2. The van der Waals surface area contributed by atoms with Crippen LogP contribution in [0.25, 0.3) is 10.2 Å². The fourth-order valence-electron chi connectivity index (χ4n) is 1.87. The van der Waals surface area contributed by atoms with E-state index in [1.807, 2.05) is 0 Å². The first-order valence-electron chi connectivity index (χ1n) is 6.75. The third-order valence-corrected chi connectivity index (χ3v) is 6.70. The van der Waals surface area contributed by atoms with Crippen molar-refractivity contribution in [3.8, 4) is 0 Å². The molecule has 2 aromatic heterocycles. The maximum atomic E-state index is 12.2. The Kier molecular flexibility index (Phi) is 4.33. The van der Waals surface area contributed by atoms with E-state index < -0.39 is 10.0 Å². The fourth-order valence-corrected chi connectivity index (χ4v) is 4.78. The van der Waals surface area contributed by atoms with E-state index in [0.29, 0.717) is 22.8 Å². The van der Waals surface area contributed by atoms with E-state index >= 15 is 0 Å². The van der Waals surface area contributed by atoms with Gasteiger partial charge in [0.25, 0.3) is 10.0 Å². The molecule has 23 heavy (non-hydrogen) atoms. The van der Waals surface area contributed by atoms with E-state index in [1.54, 1.807) is 42.6 Å². The molecule has 0 aliphatic heterocycles. The number of hydrogen-bond donors (Lipinski definition) is 2. The maximum Gasteiger partial charge on any atom is 0.271 e. The van der Waals surface area contributed by atoms with E-state index in [9.17, 15) is 13.2 Å². The van der Waals surface area contributed by atoms with E-state index in [2.05, 4.69) is 15.0 Å². The summed E-state index contributed by atoms with van der Waals surface area (Å²) in [5.74, 6) is -0.109. The number of benzene rings is 1. The molecule has 0 atom stereocenters. The van der Waals surface area contributed by atoms with Crippen LogP contribution in [0.5, 0.6) is 0 Å². The molecule has 0 unspecified atom stereocenters. The summed E-state index contributed by atoms with van der Waals surface area (Å²) < 4.78 is 28.1. The number of thiazole rings is 1. The van der Waals surface area contributed by atoms with Gasteiger partial charge in [-0.15, -0.1) is 11.3 Å². The number of aromatic nitrogens is 1. The van der Waals surface area contributed by atoms with Gasteiger partial charge in [-0.1, -0.05) is 24.3 Å². The van der Waals surface area contributed by atoms with E-state index in [1.165, 1.54) is 11.3 Å². The van der Waals surface area contributed by atoms with Gasteiger partial charge in [0.2, 0.25) is 5.91 Å². The van der Waals surface area contributed by atoms with Crippen molar-refractivity contribution in [3.05, 3.63) is 35.7 Å². The molecule has 3 rings (SSSR count). The summed E-state index contributed by atoms with van der Waals surface area (Å²) in [5.41, 5.74) is 1.07. The van der Waals surface area contributed by atoms with Crippen LogP contribution >= 0.6 is 22.7 Å². The second kappa shape index (κ2) is 6.26. The molecule has 0 fully saturated rings. The highest BCUT2D eigenvalue weighted by atomic mass is 32.2. The number of carbonyl (C=O) groups excluding carboxylic acids is 1. The molecule has 0 saturated heterocycles. The predicted molar refractivity (Wildman–Crippen MR) is 93.7 cm³/mol. The lowest BCUT2D eigenvalue weighted by molar-refractivity contribution is -0.115.